The van der Waals surface area contributed by atoms with Crippen LogP contribution in [0.5, 0.6) is 0 Å². The Morgan fingerprint density at radius 1 is 1.00 bits per heavy atom. The van der Waals surface area contributed by atoms with E-state index in [0.717, 1.165) is 23.4 Å². The average Bonchev–Trinajstić information content (AvgIpc) is 2.40. The molecule has 0 saturated heterocycles. The second-order valence-electron chi connectivity index (χ2n) is 3.77. The molecule has 2 aromatic carbocycles. The molecule has 0 atom stereocenters. The number of hydrogen-bond acceptors (Lipinski definition) is 2. The van der Waals surface area contributed by atoms with Crippen LogP contribution < -0.4 is 5.32 Å². The highest BCUT2D eigenvalue weighted by Crippen LogP contribution is 2.18. The Morgan fingerprint density at radius 3 is 2.35 bits per heavy atom. The molecule has 0 amide bonds. The predicted octanol–water partition coefficient (Wildman–Crippen LogP) is 3.35. The van der Waals surface area contributed by atoms with E-state index in [1.807, 2.05) is 61.5 Å². The maximum atomic E-state index is 12.3. The summed E-state index contributed by atoms with van der Waals surface area (Å²) in [5.41, 5.74) is 2.34. The Hall–Kier alpha value is -2.09. The van der Waals surface area contributed by atoms with Crippen LogP contribution in [0.3, 0.4) is 0 Å². The van der Waals surface area contributed by atoms with E-state index < -0.39 is 0 Å². The summed E-state index contributed by atoms with van der Waals surface area (Å²) in [5, 5.41) is 3.21. The molecule has 2 nitrogen and oxygen atoms in total. The fourth-order valence-electron chi connectivity index (χ4n) is 1.77. The summed E-state index contributed by atoms with van der Waals surface area (Å²) in [6.45, 7) is 2.82. The van der Waals surface area contributed by atoms with Gasteiger partial charge in [0, 0.05) is 23.4 Å². The predicted molar refractivity (Wildman–Crippen MR) is 70.5 cm³/mol. The van der Waals surface area contributed by atoms with E-state index in [-0.39, 0.29) is 5.78 Å². The number of anilines is 1. The molecule has 0 saturated carbocycles. The zero-order valence-electron chi connectivity index (χ0n) is 9.81. The summed E-state index contributed by atoms with van der Waals surface area (Å²) >= 11 is 0. The Bertz CT molecular complexity index is 505. The largest absolute Gasteiger partial charge is 0.385 e. The van der Waals surface area contributed by atoms with Crippen molar-refractivity contribution in [1.29, 1.82) is 0 Å². The van der Waals surface area contributed by atoms with E-state index in [1.54, 1.807) is 0 Å². The number of ketones is 1. The molecule has 86 valence electrons. The first-order chi connectivity index (χ1) is 8.33. The highest BCUT2D eigenvalue weighted by Gasteiger charge is 2.11. The first-order valence-electron chi connectivity index (χ1n) is 5.75. The van der Waals surface area contributed by atoms with Crippen LogP contribution in [0.15, 0.2) is 54.6 Å². The van der Waals surface area contributed by atoms with Crippen molar-refractivity contribution in [3.63, 3.8) is 0 Å². The fourth-order valence-corrected chi connectivity index (χ4v) is 1.77. The van der Waals surface area contributed by atoms with E-state index in [4.69, 9.17) is 0 Å². The van der Waals surface area contributed by atoms with E-state index in [1.165, 1.54) is 0 Å². The van der Waals surface area contributed by atoms with Crippen molar-refractivity contribution in [2.24, 2.45) is 0 Å². The third-order valence-electron chi connectivity index (χ3n) is 2.57. The zero-order chi connectivity index (χ0) is 12.1. The van der Waals surface area contributed by atoms with Gasteiger partial charge in [0.25, 0.3) is 0 Å². The van der Waals surface area contributed by atoms with Crippen molar-refractivity contribution in [2.75, 3.05) is 11.9 Å². The Kier molecular flexibility index (Phi) is 3.55. The zero-order valence-corrected chi connectivity index (χ0v) is 9.81. The minimum Gasteiger partial charge on any atom is -0.385 e. The van der Waals surface area contributed by atoms with Gasteiger partial charge >= 0.3 is 0 Å². The highest BCUT2D eigenvalue weighted by molar-refractivity contribution is 6.12. The lowest BCUT2D eigenvalue weighted by Crippen LogP contribution is -2.07. The van der Waals surface area contributed by atoms with E-state index in [0.29, 0.717) is 0 Å². The van der Waals surface area contributed by atoms with Crippen molar-refractivity contribution in [2.45, 2.75) is 6.92 Å². The molecule has 0 radical (unpaired) electrons. The topological polar surface area (TPSA) is 29.1 Å². The summed E-state index contributed by atoms with van der Waals surface area (Å²) < 4.78 is 0. The van der Waals surface area contributed by atoms with Gasteiger partial charge in [0.15, 0.2) is 5.78 Å². The first kappa shape index (κ1) is 11.4. The third kappa shape index (κ3) is 2.53. The summed E-state index contributed by atoms with van der Waals surface area (Å²) in [6.07, 6.45) is 0. The molecule has 0 unspecified atom stereocenters. The molecular weight excluding hydrogens is 210 g/mol. The minimum absolute atomic E-state index is 0.0575. The molecule has 0 heterocycles. The monoisotopic (exact) mass is 225 g/mol. The van der Waals surface area contributed by atoms with Crippen LogP contribution in [0.4, 0.5) is 5.69 Å². The lowest BCUT2D eigenvalue weighted by Gasteiger charge is -2.09. The third-order valence-corrected chi connectivity index (χ3v) is 2.57. The van der Waals surface area contributed by atoms with E-state index in [2.05, 4.69) is 5.32 Å². The van der Waals surface area contributed by atoms with Gasteiger partial charge in [-0.3, -0.25) is 4.79 Å². The van der Waals surface area contributed by atoms with Crippen molar-refractivity contribution >= 4 is 11.5 Å². The number of nitrogens with one attached hydrogen (secondary N) is 1. The van der Waals surface area contributed by atoms with Crippen LogP contribution in [-0.2, 0) is 0 Å². The van der Waals surface area contributed by atoms with Gasteiger partial charge in [-0.25, -0.2) is 0 Å². The normalized spacial score (nSPS) is 9.94. The summed E-state index contributed by atoms with van der Waals surface area (Å²) in [4.78, 5) is 12.3. The molecule has 0 fully saturated rings. The van der Waals surface area contributed by atoms with Crippen molar-refractivity contribution < 1.29 is 4.79 Å². The van der Waals surface area contributed by atoms with Crippen molar-refractivity contribution in [3.05, 3.63) is 65.7 Å². The summed E-state index contributed by atoms with van der Waals surface area (Å²) in [5.74, 6) is 0.0575. The van der Waals surface area contributed by atoms with Crippen LogP contribution in [0, 0.1) is 0 Å². The molecule has 2 rings (SSSR count). The van der Waals surface area contributed by atoms with Gasteiger partial charge in [-0.15, -0.1) is 0 Å². The Labute approximate surface area is 101 Å². The van der Waals surface area contributed by atoms with Crippen LogP contribution >= 0.6 is 0 Å². The fraction of sp³-hybridized carbons (Fsp3) is 0.133. The van der Waals surface area contributed by atoms with Gasteiger partial charge < -0.3 is 5.32 Å². The number of carbonyl (C=O) groups excluding carboxylic acids is 1. The number of para-hydroxylation sites is 1. The standard InChI is InChI=1S/C15H15NO/c1-2-16-14-11-7-6-10-13(14)15(17)12-8-4-3-5-9-12/h3-11,16H,2H2,1H3. The Balaban J connectivity index is 2.37. The molecule has 17 heavy (non-hydrogen) atoms. The molecule has 1 N–H and O–H groups in total. The quantitative estimate of drug-likeness (QED) is 0.808. The van der Waals surface area contributed by atoms with Gasteiger partial charge in [-0.2, -0.15) is 0 Å². The highest BCUT2D eigenvalue weighted by atomic mass is 16.1. The number of rotatable bonds is 4. The number of hydrogen-bond donors (Lipinski definition) is 1. The van der Waals surface area contributed by atoms with Gasteiger partial charge in [-0.05, 0) is 19.1 Å². The van der Waals surface area contributed by atoms with E-state index in [9.17, 15) is 4.79 Å². The SMILES string of the molecule is CCNc1ccccc1C(=O)c1ccccc1. The van der Waals surface area contributed by atoms with Gasteiger partial charge in [0.2, 0.25) is 0 Å². The maximum absolute atomic E-state index is 12.3. The average molecular weight is 225 g/mol. The number of carbonyl (C=O) groups is 1. The number of benzene rings is 2. The Morgan fingerprint density at radius 2 is 1.65 bits per heavy atom. The van der Waals surface area contributed by atoms with Crippen LogP contribution in [0.1, 0.15) is 22.8 Å². The molecule has 2 aromatic rings. The second-order valence-corrected chi connectivity index (χ2v) is 3.77. The van der Waals surface area contributed by atoms with Crippen LogP contribution in [0.2, 0.25) is 0 Å². The lowest BCUT2D eigenvalue weighted by molar-refractivity contribution is 0.103. The van der Waals surface area contributed by atoms with Gasteiger partial charge in [0.1, 0.15) is 0 Å². The minimum atomic E-state index is 0.0575. The molecule has 0 aliphatic rings. The van der Waals surface area contributed by atoms with Gasteiger partial charge in [-0.1, -0.05) is 42.5 Å². The van der Waals surface area contributed by atoms with Crippen LogP contribution in [-0.4, -0.2) is 12.3 Å². The summed E-state index contributed by atoms with van der Waals surface area (Å²) in [7, 11) is 0. The summed E-state index contributed by atoms with van der Waals surface area (Å²) in [6, 6.07) is 16.9. The van der Waals surface area contributed by atoms with E-state index >= 15 is 0 Å². The van der Waals surface area contributed by atoms with Crippen molar-refractivity contribution in [1.82, 2.24) is 0 Å². The first-order valence-corrected chi connectivity index (χ1v) is 5.75. The molecule has 0 spiro atoms. The molecule has 0 bridgehead atoms. The molecular formula is C15H15NO. The molecule has 0 aliphatic carbocycles. The maximum Gasteiger partial charge on any atom is 0.195 e. The molecule has 2 heteroatoms. The molecule has 0 aromatic heterocycles. The van der Waals surface area contributed by atoms with Gasteiger partial charge in [0.05, 0.1) is 0 Å². The second kappa shape index (κ2) is 5.30. The lowest BCUT2D eigenvalue weighted by atomic mass is 10.0. The smallest absolute Gasteiger partial charge is 0.195 e. The van der Waals surface area contributed by atoms with Crippen LogP contribution in [0.25, 0.3) is 0 Å². The van der Waals surface area contributed by atoms with Crippen molar-refractivity contribution in [3.8, 4) is 0 Å². The molecule has 0 aliphatic heterocycles.